The first-order chi connectivity index (χ1) is 2.00. The van der Waals surface area contributed by atoms with Gasteiger partial charge in [0, 0.05) is 0 Å². The van der Waals surface area contributed by atoms with E-state index in [0.29, 0.717) is 0 Å². The molecule has 0 unspecified atom stereocenters. The molecular weight excluding hydrogens is 211 g/mol. The van der Waals surface area contributed by atoms with Crippen LogP contribution >= 0.6 is 0 Å². The van der Waals surface area contributed by atoms with Crippen LogP contribution in [0.3, 0.4) is 0 Å². The molecule has 0 atom stereocenters. The third kappa shape index (κ3) is 34.3. The Labute approximate surface area is 99.6 Å². The van der Waals surface area contributed by atoms with Crippen LogP contribution < -0.4 is 68.9 Å². The Morgan fingerprint density at radius 1 is 1.17 bits per heavy atom. The van der Waals surface area contributed by atoms with E-state index in [1.54, 1.807) is 0 Å². The molecule has 0 aliphatic heterocycles. The van der Waals surface area contributed by atoms with Crippen LogP contribution in [0.4, 0.5) is 0 Å². The third-order valence-corrected chi connectivity index (χ3v) is 0. The minimum atomic E-state index is -1.36. The third-order valence-electron chi connectivity index (χ3n) is 0. The topological polar surface area (TPSA) is 23.8 Å². The summed E-state index contributed by atoms with van der Waals surface area (Å²) in [7, 11) is -1.36. The van der Waals surface area contributed by atoms with E-state index in [9.17, 15) is 0 Å². The summed E-state index contributed by atoms with van der Waals surface area (Å²) in [5.74, 6) is 0. The van der Waals surface area contributed by atoms with Gasteiger partial charge in [0.15, 0.2) is 0 Å². The van der Waals surface area contributed by atoms with E-state index in [4.69, 9.17) is 5.40 Å². The average molecular weight is 221 g/mol. The van der Waals surface area contributed by atoms with Gasteiger partial charge in [0.25, 0.3) is 0 Å². The molecule has 0 amide bonds. The molecule has 3 heteroatoms. The van der Waals surface area contributed by atoms with Gasteiger partial charge < -0.3 is 5.40 Å². The summed E-state index contributed by atoms with van der Waals surface area (Å²) in [5, 5.41) is 7.08. The molecule has 0 heterocycles. The summed E-state index contributed by atoms with van der Waals surface area (Å²) in [6.07, 6.45) is 0. The number of rotatable bonds is 0. The molecule has 0 aliphatic carbocycles. The molecule has 0 spiro atoms. The quantitative estimate of drug-likeness (QED) is 0.463. The number of nitrogens with one attached hydrogen (secondary N) is 1. The van der Waals surface area contributed by atoms with E-state index in [2.05, 4.69) is 0 Å². The van der Waals surface area contributed by atoms with Gasteiger partial charge >= 0.3 is 68.9 Å². The van der Waals surface area contributed by atoms with Gasteiger partial charge in [-0.25, -0.2) is 0 Å². The van der Waals surface area contributed by atoms with Crippen molar-refractivity contribution in [3.63, 3.8) is 0 Å². The van der Waals surface area contributed by atoms with Crippen LogP contribution in [0.15, 0.2) is 0 Å². The van der Waals surface area contributed by atoms with Crippen molar-refractivity contribution >= 4 is 8.24 Å². The van der Waals surface area contributed by atoms with Crippen LogP contribution in [0.5, 0.6) is 0 Å². The van der Waals surface area contributed by atoms with Crippen LogP contribution in [0.25, 0.3) is 5.40 Å². The molecule has 0 saturated carbocycles. The van der Waals surface area contributed by atoms with Gasteiger partial charge in [-0.05, 0) is 0 Å². The molecule has 32 valence electrons. The molecule has 0 aromatic rings. The Bertz CT molecular complexity index is 26.3. The maximum Gasteiger partial charge on any atom is 1.00 e. The van der Waals surface area contributed by atoms with E-state index in [-0.39, 0.29) is 68.9 Å². The van der Waals surface area contributed by atoms with Gasteiger partial charge in [-0.3, -0.25) is 0 Å². The fraction of sp³-hybridized carbons (Fsp3) is 1.00. The maximum atomic E-state index is 7.08. The molecule has 0 saturated heterocycles. The van der Waals surface area contributed by atoms with Crippen molar-refractivity contribution in [2.75, 3.05) is 0 Å². The van der Waals surface area contributed by atoms with Crippen molar-refractivity contribution in [3.8, 4) is 0 Å². The van der Waals surface area contributed by atoms with Crippen LogP contribution in [0, 0.1) is 0 Å². The smallest absolute Gasteiger partial charge is 0.680 e. The predicted octanol–water partition coefficient (Wildman–Crippen LogP) is -1.12. The first kappa shape index (κ1) is 11.1. The van der Waals surface area contributed by atoms with Gasteiger partial charge in [0.05, 0.1) is 0 Å². The second-order valence-electron chi connectivity index (χ2n) is 2.25. The minimum absolute atomic E-state index is 0. The Balaban J connectivity index is 0. The molecule has 0 radical (unpaired) electrons. The van der Waals surface area contributed by atoms with Crippen LogP contribution in [0.2, 0.25) is 19.6 Å². The zero-order valence-corrected chi connectivity index (χ0v) is 12.3. The van der Waals surface area contributed by atoms with Crippen LogP contribution in [0.1, 0.15) is 0 Å². The Morgan fingerprint density at radius 2 is 1.17 bits per heavy atom. The summed E-state index contributed by atoms with van der Waals surface area (Å²) < 4.78 is 0. The first-order valence-corrected chi connectivity index (χ1v) is 5.25. The van der Waals surface area contributed by atoms with Gasteiger partial charge in [0.1, 0.15) is 0 Å². The monoisotopic (exact) mass is 221 g/mol. The molecule has 0 fully saturated rings. The van der Waals surface area contributed by atoms with E-state index in [1.807, 2.05) is 19.6 Å². The average Bonchev–Trinajstić information content (AvgIpc) is 0.722. The summed E-state index contributed by atoms with van der Waals surface area (Å²) in [5.41, 5.74) is 0. The Hall–Kier alpha value is 2.23. The number of hydrogen-bond acceptors (Lipinski definition) is 0. The van der Waals surface area contributed by atoms with Crippen LogP contribution in [-0.4, -0.2) is 8.24 Å². The molecule has 1 nitrogen and oxygen atoms in total. The summed E-state index contributed by atoms with van der Waals surface area (Å²) in [6, 6.07) is 0. The van der Waals surface area contributed by atoms with Gasteiger partial charge in [-0.2, -0.15) is 0 Å². The first-order valence-electron chi connectivity index (χ1n) is 1.75. The zero-order chi connectivity index (χ0) is 4.50. The molecule has 1 N–H and O–H groups in total. The number of hydrogen-bond donors (Lipinski definition) is 0. The standard InChI is InChI=1S/C3H10NSi.Cs/c1-5(2,3)4;/h4H,1-3H3;/q-1;+1. The summed E-state index contributed by atoms with van der Waals surface area (Å²) in [6.45, 7) is 5.98. The van der Waals surface area contributed by atoms with Crippen molar-refractivity contribution < 1.29 is 68.9 Å². The maximum absolute atomic E-state index is 7.08. The zero-order valence-electron chi connectivity index (χ0n) is 5.00. The largest absolute Gasteiger partial charge is 1.00 e. The SMILES string of the molecule is C[Si](C)(C)[NH-].[Cs+]. The molecule has 0 bridgehead atoms. The van der Waals surface area contributed by atoms with Crippen molar-refractivity contribution in [2.24, 2.45) is 0 Å². The molecule has 0 aliphatic rings. The van der Waals surface area contributed by atoms with Gasteiger partial charge in [-0.15, -0.1) is 0 Å². The minimum Gasteiger partial charge on any atom is -0.680 e. The fourth-order valence-electron chi connectivity index (χ4n) is 0. The second kappa shape index (κ2) is 4.14. The van der Waals surface area contributed by atoms with E-state index in [0.717, 1.165) is 0 Å². The molecule has 0 rings (SSSR count). The fourth-order valence-corrected chi connectivity index (χ4v) is 0. The molecular formula is C3H10CsNSi. The summed E-state index contributed by atoms with van der Waals surface area (Å²) >= 11 is 0. The molecule has 0 aromatic heterocycles. The Morgan fingerprint density at radius 3 is 1.17 bits per heavy atom. The van der Waals surface area contributed by atoms with Crippen LogP contribution in [-0.2, 0) is 0 Å². The molecule has 0 aromatic carbocycles. The summed E-state index contributed by atoms with van der Waals surface area (Å²) in [4.78, 5) is 0. The van der Waals surface area contributed by atoms with Gasteiger partial charge in [0.2, 0.25) is 0 Å². The van der Waals surface area contributed by atoms with Crippen molar-refractivity contribution in [3.05, 3.63) is 5.40 Å². The van der Waals surface area contributed by atoms with Crippen molar-refractivity contribution in [1.82, 2.24) is 0 Å². The Kier molecular flexibility index (Phi) is 7.65. The predicted molar refractivity (Wildman–Crippen MR) is 27.7 cm³/mol. The van der Waals surface area contributed by atoms with Crippen molar-refractivity contribution in [1.29, 1.82) is 0 Å². The van der Waals surface area contributed by atoms with Gasteiger partial charge in [-0.1, -0.05) is 27.9 Å². The second-order valence-corrected chi connectivity index (χ2v) is 6.75. The van der Waals surface area contributed by atoms with Crippen molar-refractivity contribution in [2.45, 2.75) is 19.6 Å². The van der Waals surface area contributed by atoms with E-state index >= 15 is 0 Å². The van der Waals surface area contributed by atoms with E-state index < -0.39 is 8.24 Å². The normalized spacial score (nSPS) is 10.0. The van der Waals surface area contributed by atoms with E-state index in [1.165, 1.54) is 0 Å². The molecule has 6 heavy (non-hydrogen) atoms.